The standard InChI is InChI=1S/C15H19NO4.C15H17NO4.C10H11NO2.C10H9NO2.CH4.Mg.2H/c2*1-15(2,3)20-14(18)16-9-11(13(17)19-4)10-7-5-6-8-12(10)16;2*1-13-10(12)8-6-11-9-5-3-2-4-7(8)9;;;;/h5-8,11H,9H2,1-4H3;5-9H,1-4H3;2-5,8,11H,6H2,1H3;2-6,11H,1H3;1H4;;;/q;;;;;+2;2*-1. The van der Waals surface area contributed by atoms with E-state index in [-0.39, 0.29) is 63.7 Å². The SMILES string of the molecule is C.COC(=O)C1CN(C(=O)OC(C)(C)C)c2ccccc21.COC(=O)C1CNc2ccccc21.COC(=O)c1c[nH]c2ccccc12.COC(=O)c1cn(C(=O)OC(C)(C)C)c2ccccc12.[H-].[H-].[Mg+2]. The summed E-state index contributed by atoms with van der Waals surface area (Å²) in [7, 11) is 5.45. The first-order valence-electron chi connectivity index (χ1n) is 21.0. The summed E-state index contributed by atoms with van der Waals surface area (Å²) in [5.74, 6) is -1.90. The van der Waals surface area contributed by atoms with Gasteiger partial charge in [-0.15, -0.1) is 0 Å². The number of hydrogen-bond donors (Lipinski definition) is 2. The minimum atomic E-state index is -0.603. The molecule has 2 aromatic heterocycles. The number of anilines is 2. The fraction of sp³-hybridized carbons (Fsp3) is 0.333. The Morgan fingerprint density at radius 1 is 0.603 bits per heavy atom. The molecule has 2 aliphatic rings. The van der Waals surface area contributed by atoms with Gasteiger partial charge in [-0.2, -0.15) is 0 Å². The van der Waals surface area contributed by atoms with E-state index in [1.54, 1.807) is 51.2 Å². The van der Waals surface area contributed by atoms with Crippen molar-refractivity contribution in [3.05, 3.63) is 132 Å². The number of nitrogens with zero attached hydrogens (tertiary/aromatic N) is 2. The molecule has 0 aliphatic carbocycles. The molecule has 0 radical (unpaired) electrons. The van der Waals surface area contributed by atoms with Gasteiger partial charge in [0.15, 0.2) is 0 Å². The zero-order valence-electron chi connectivity index (χ0n) is 41.5. The van der Waals surface area contributed by atoms with Crippen LogP contribution in [0.1, 0.15) is 95.5 Å². The van der Waals surface area contributed by atoms with Gasteiger partial charge in [-0.1, -0.05) is 80.2 Å². The second-order valence-electron chi connectivity index (χ2n) is 16.9. The maximum Gasteiger partial charge on any atom is 2.00 e. The normalized spacial score (nSPS) is 14.1. The molecule has 0 spiro atoms. The molecule has 4 aromatic carbocycles. The van der Waals surface area contributed by atoms with E-state index in [9.17, 15) is 28.8 Å². The Balaban J connectivity index is 0.000000466. The van der Waals surface area contributed by atoms with E-state index in [1.165, 1.54) is 44.1 Å². The van der Waals surface area contributed by atoms with Crippen molar-refractivity contribution >= 4 is 92.3 Å². The summed E-state index contributed by atoms with van der Waals surface area (Å²) in [6.45, 7) is 11.7. The van der Waals surface area contributed by atoms with Gasteiger partial charge in [0, 0.05) is 47.5 Å². The van der Waals surface area contributed by atoms with E-state index in [1.807, 2.05) is 93.6 Å². The fourth-order valence-electron chi connectivity index (χ4n) is 7.14. The summed E-state index contributed by atoms with van der Waals surface area (Å²) in [6.07, 6.45) is 2.14. The van der Waals surface area contributed by atoms with Gasteiger partial charge in [0.1, 0.15) is 23.0 Å². The summed E-state index contributed by atoms with van der Waals surface area (Å²) >= 11 is 0. The molecular weight excluding hydrogens is 885 g/mol. The number of carbonyl (C=O) groups is 6. The number of amides is 1. The first-order valence-corrected chi connectivity index (χ1v) is 21.0. The molecule has 2 aliphatic heterocycles. The number of esters is 4. The molecule has 0 bridgehead atoms. The van der Waals surface area contributed by atoms with Crippen molar-refractivity contribution in [3.63, 3.8) is 0 Å². The van der Waals surface area contributed by atoms with Crippen LogP contribution in [0.15, 0.2) is 109 Å². The van der Waals surface area contributed by atoms with Crippen LogP contribution >= 0.6 is 0 Å². The average Bonchev–Trinajstić information content (AvgIpc) is 4.11. The minimum absolute atomic E-state index is 0. The Morgan fingerprint density at radius 2 is 1.12 bits per heavy atom. The van der Waals surface area contributed by atoms with E-state index in [0.717, 1.165) is 27.7 Å². The van der Waals surface area contributed by atoms with Crippen molar-refractivity contribution < 1.29 is 60.0 Å². The third kappa shape index (κ3) is 13.6. The summed E-state index contributed by atoms with van der Waals surface area (Å²) in [4.78, 5) is 75.1. The van der Waals surface area contributed by atoms with Crippen molar-refractivity contribution in [2.75, 3.05) is 51.7 Å². The van der Waals surface area contributed by atoms with E-state index in [4.69, 9.17) is 23.7 Å². The molecule has 0 saturated heterocycles. The number of aromatic nitrogens is 2. The van der Waals surface area contributed by atoms with Crippen LogP contribution in [0.2, 0.25) is 0 Å². The molecule has 0 fully saturated rings. The van der Waals surface area contributed by atoms with Crippen LogP contribution < -0.4 is 10.2 Å². The molecule has 2 N–H and O–H groups in total. The van der Waals surface area contributed by atoms with Gasteiger partial charge in [-0.3, -0.25) is 19.1 Å². The minimum Gasteiger partial charge on any atom is -1.00 e. The van der Waals surface area contributed by atoms with Crippen molar-refractivity contribution in [1.29, 1.82) is 0 Å². The van der Waals surface area contributed by atoms with Crippen LogP contribution in [0, 0.1) is 0 Å². The molecule has 0 saturated carbocycles. The zero-order chi connectivity index (χ0) is 48.3. The van der Waals surface area contributed by atoms with Crippen molar-refractivity contribution in [2.45, 2.75) is 72.0 Å². The van der Waals surface area contributed by atoms with Gasteiger partial charge >= 0.3 is 59.1 Å². The van der Waals surface area contributed by atoms with E-state index in [2.05, 4.69) is 15.0 Å². The van der Waals surface area contributed by atoms with Crippen molar-refractivity contribution in [3.8, 4) is 0 Å². The molecule has 8 rings (SSSR count). The first kappa shape index (κ1) is 55.5. The summed E-state index contributed by atoms with van der Waals surface area (Å²) in [5.41, 5.74) is 4.88. The predicted molar refractivity (Wildman–Crippen MR) is 264 cm³/mol. The molecule has 16 nitrogen and oxygen atoms in total. The third-order valence-electron chi connectivity index (χ3n) is 10.1. The van der Waals surface area contributed by atoms with Crippen molar-refractivity contribution in [1.82, 2.24) is 9.55 Å². The van der Waals surface area contributed by atoms with Crippen LogP contribution in [-0.2, 0) is 38.0 Å². The quantitative estimate of drug-likeness (QED) is 0.0965. The monoisotopic (exact) mass is 946 g/mol. The van der Waals surface area contributed by atoms with Gasteiger partial charge < -0.3 is 41.6 Å². The molecule has 6 aromatic rings. The van der Waals surface area contributed by atoms with E-state index in [0.29, 0.717) is 34.3 Å². The molecule has 360 valence electrons. The maximum atomic E-state index is 12.2. The predicted octanol–water partition coefficient (Wildman–Crippen LogP) is 9.71. The number of H-pyrrole nitrogens is 1. The van der Waals surface area contributed by atoms with Crippen LogP contribution in [0.4, 0.5) is 21.0 Å². The number of fused-ring (bicyclic) bond motifs is 4. The average molecular weight is 947 g/mol. The zero-order valence-corrected chi connectivity index (χ0v) is 40.9. The number of aromatic amines is 1. The van der Waals surface area contributed by atoms with Crippen molar-refractivity contribution in [2.24, 2.45) is 0 Å². The Morgan fingerprint density at radius 3 is 1.74 bits per heavy atom. The largest absolute Gasteiger partial charge is 2.00 e. The second kappa shape index (κ2) is 24.3. The first-order chi connectivity index (χ1) is 31.3. The molecule has 1 amide bonds. The van der Waals surface area contributed by atoms with Crippen LogP contribution in [-0.4, -0.2) is 121 Å². The molecule has 4 heterocycles. The molecule has 2 unspecified atom stereocenters. The Kier molecular flexibility index (Phi) is 19.8. The Bertz CT molecular complexity index is 2730. The topological polar surface area (TPSA) is 194 Å². The molecule has 17 heteroatoms. The van der Waals surface area contributed by atoms with E-state index < -0.39 is 35.3 Å². The molecule has 68 heavy (non-hydrogen) atoms. The fourth-order valence-corrected chi connectivity index (χ4v) is 7.14. The molecular formula is C51H62MgN4O12. The van der Waals surface area contributed by atoms with Gasteiger partial charge in [0.25, 0.3) is 0 Å². The van der Waals surface area contributed by atoms with Gasteiger partial charge in [-0.05, 0) is 76.9 Å². The number of hydrogen-bond acceptors (Lipinski definition) is 13. The van der Waals surface area contributed by atoms with Crippen LogP contribution in [0.5, 0.6) is 0 Å². The summed E-state index contributed by atoms with van der Waals surface area (Å²) in [6, 6.07) is 29.9. The number of rotatable bonds is 4. The Labute approximate surface area is 415 Å². The third-order valence-corrected chi connectivity index (χ3v) is 10.1. The van der Waals surface area contributed by atoms with Gasteiger partial charge in [-0.25, -0.2) is 19.2 Å². The molecule has 2 atom stereocenters. The summed E-state index contributed by atoms with van der Waals surface area (Å²) in [5, 5.41) is 4.72. The number of methoxy groups -OCH3 is 4. The van der Waals surface area contributed by atoms with Gasteiger partial charge in [0.2, 0.25) is 0 Å². The number of para-hydroxylation sites is 4. The second-order valence-corrected chi connectivity index (χ2v) is 16.9. The number of nitrogens with one attached hydrogen (secondary N) is 2. The number of carbonyl (C=O) groups excluding carboxylic acids is 6. The van der Waals surface area contributed by atoms with Gasteiger partial charge in [0.05, 0.1) is 50.8 Å². The number of benzene rings is 4. The maximum absolute atomic E-state index is 12.2. The van der Waals surface area contributed by atoms with Crippen LogP contribution in [0.25, 0.3) is 21.8 Å². The van der Waals surface area contributed by atoms with Crippen LogP contribution in [0.3, 0.4) is 0 Å². The number of ether oxygens (including phenoxy) is 6. The Hall–Kier alpha value is -6.85. The smallest absolute Gasteiger partial charge is 1.00 e. The van der Waals surface area contributed by atoms with E-state index >= 15 is 0 Å². The summed E-state index contributed by atoms with van der Waals surface area (Å²) < 4.78 is 30.9.